The second kappa shape index (κ2) is 5.24. The molecule has 0 N–H and O–H groups in total. The lowest BCUT2D eigenvalue weighted by atomic mass is 9.79. The molecule has 1 heteroatoms. The summed E-state index contributed by atoms with van der Waals surface area (Å²) < 4.78 is 0. The van der Waals surface area contributed by atoms with Crippen LogP contribution < -0.4 is 0 Å². The number of carbonyl (C=O) groups is 1. The summed E-state index contributed by atoms with van der Waals surface area (Å²) >= 11 is 0. The van der Waals surface area contributed by atoms with Gasteiger partial charge in [0.05, 0.1) is 0 Å². The number of Topliss-reactive ketones (excluding diaryl/α,β-unsaturated/α-hetero) is 1. The number of benzene rings is 2. The first-order valence-corrected chi connectivity index (χ1v) is 7.34. The van der Waals surface area contributed by atoms with Gasteiger partial charge in [-0.15, -0.1) is 0 Å². The standard InChI is InChI=1S/C19H20O/c1-13-6-5-9-18(14(13)2)19(20)17-11-10-15-7-3-4-8-16(15)12-17/h3-9,17H,10-12H2,1-2H3. The summed E-state index contributed by atoms with van der Waals surface area (Å²) in [6.07, 6.45) is 2.89. The predicted molar refractivity (Wildman–Crippen MR) is 82.2 cm³/mol. The van der Waals surface area contributed by atoms with Crippen LogP contribution in [0, 0.1) is 19.8 Å². The summed E-state index contributed by atoms with van der Waals surface area (Å²) in [5.41, 5.74) is 6.01. The summed E-state index contributed by atoms with van der Waals surface area (Å²) in [7, 11) is 0. The van der Waals surface area contributed by atoms with Crippen molar-refractivity contribution in [1.29, 1.82) is 0 Å². The van der Waals surface area contributed by atoms with Crippen LogP contribution in [0.5, 0.6) is 0 Å². The Hall–Kier alpha value is -1.89. The van der Waals surface area contributed by atoms with Crippen LogP contribution in [0.15, 0.2) is 42.5 Å². The van der Waals surface area contributed by atoms with Crippen LogP contribution in [-0.2, 0) is 12.8 Å². The molecule has 0 spiro atoms. The van der Waals surface area contributed by atoms with Gasteiger partial charge in [-0.25, -0.2) is 0 Å². The number of aryl methyl sites for hydroxylation is 2. The summed E-state index contributed by atoms with van der Waals surface area (Å²) in [5.74, 6) is 0.464. The van der Waals surface area contributed by atoms with Gasteiger partial charge in [0.2, 0.25) is 0 Å². The first kappa shape index (κ1) is 13.1. The first-order chi connectivity index (χ1) is 9.66. The molecule has 1 nitrogen and oxygen atoms in total. The van der Waals surface area contributed by atoms with E-state index in [1.807, 2.05) is 12.1 Å². The van der Waals surface area contributed by atoms with Gasteiger partial charge in [-0.05, 0) is 55.4 Å². The van der Waals surface area contributed by atoms with E-state index in [9.17, 15) is 4.79 Å². The molecule has 1 atom stereocenters. The smallest absolute Gasteiger partial charge is 0.166 e. The molecule has 1 aliphatic carbocycles. The predicted octanol–water partition coefficient (Wildman–Crippen LogP) is 4.29. The minimum absolute atomic E-state index is 0.144. The molecule has 0 saturated carbocycles. The molecule has 0 fully saturated rings. The molecule has 0 aromatic heterocycles. The van der Waals surface area contributed by atoms with Crippen LogP contribution in [0.25, 0.3) is 0 Å². The number of hydrogen-bond donors (Lipinski definition) is 0. The SMILES string of the molecule is Cc1cccc(C(=O)C2CCc3ccccc3C2)c1C. The van der Waals surface area contributed by atoms with E-state index >= 15 is 0 Å². The van der Waals surface area contributed by atoms with Crippen LogP contribution in [-0.4, -0.2) is 5.78 Å². The number of carbonyl (C=O) groups excluding carboxylic acids is 1. The highest BCUT2D eigenvalue weighted by Gasteiger charge is 2.26. The minimum atomic E-state index is 0.144. The molecule has 0 radical (unpaired) electrons. The normalized spacial score (nSPS) is 17.6. The molecular formula is C19H20O. The maximum absolute atomic E-state index is 12.8. The lowest BCUT2D eigenvalue weighted by Crippen LogP contribution is -2.23. The molecule has 0 saturated heterocycles. The van der Waals surface area contributed by atoms with E-state index in [0.29, 0.717) is 5.78 Å². The van der Waals surface area contributed by atoms with Gasteiger partial charge < -0.3 is 0 Å². The molecule has 2 aromatic rings. The number of ketones is 1. The van der Waals surface area contributed by atoms with Crippen molar-refractivity contribution in [2.24, 2.45) is 5.92 Å². The topological polar surface area (TPSA) is 17.1 Å². The second-order valence-corrected chi connectivity index (χ2v) is 5.82. The zero-order valence-corrected chi connectivity index (χ0v) is 12.1. The van der Waals surface area contributed by atoms with Crippen molar-refractivity contribution in [3.63, 3.8) is 0 Å². The molecule has 0 heterocycles. The van der Waals surface area contributed by atoms with Gasteiger partial charge in [0.15, 0.2) is 5.78 Å². The third kappa shape index (κ3) is 2.29. The van der Waals surface area contributed by atoms with Gasteiger partial charge in [-0.3, -0.25) is 4.79 Å². The summed E-state index contributed by atoms with van der Waals surface area (Å²) in [4.78, 5) is 12.8. The van der Waals surface area contributed by atoms with Crippen molar-refractivity contribution in [3.8, 4) is 0 Å². The van der Waals surface area contributed by atoms with Gasteiger partial charge in [0.25, 0.3) is 0 Å². The molecule has 20 heavy (non-hydrogen) atoms. The van der Waals surface area contributed by atoms with Crippen molar-refractivity contribution in [3.05, 3.63) is 70.3 Å². The average Bonchev–Trinajstić information content (AvgIpc) is 2.49. The van der Waals surface area contributed by atoms with E-state index in [1.54, 1.807) is 0 Å². The van der Waals surface area contributed by atoms with Crippen LogP contribution in [0.2, 0.25) is 0 Å². The van der Waals surface area contributed by atoms with Crippen molar-refractivity contribution < 1.29 is 4.79 Å². The van der Waals surface area contributed by atoms with Crippen LogP contribution >= 0.6 is 0 Å². The van der Waals surface area contributed by atoms with E-state index in [1.165, 1.54) is 16.7 Å². The Morgan fingerprint density at radius 2 is 1.75 bits per heavy atom. The van der Waals surface area contributed by atoms with Crippen LogP contribution in [0.1, 0.15) is 39.0 Å². The van der Waals surface area contributed by atoms with Crippen molar-refractivity contribution >= 4 is 5.78 Å². The van der Waals surface area contributed by atoms with Crippen molar-refractivity contribution in [2.45, 2.75) is 33.1 Å². The quantitative estimate of drug-likeness (QED) is 0.739. The van der Waals surface area contributed by atoms with E-state index < -0.39 is 0 Å². The molecule has 0 amide bonds. The van der Waals surface area contributed by atoms with E-state index in [2.05, 4.69) is 44.2 Å². The number of rotatable bonds is 2. The zero-order valence-electron chi connectivity index (χ0n) is 12.1. The lowest BCUT2D eigenvalue weighted by Gasteiger charge is -2.24. The summed E-state index contributed by atoms with van der Waals surface area (Å²) in [6, 6.07) is 14.6. The largest absolute Gasteiger partial charge is 0.294 e. The average molecular weight is 264 g/mol. The van der Waals surface area contributed by atoms with Gasteiger partial charge >= 0.3 is 0 Å². The molecule has 0 aliphatic heterocycles. The van der Waals surface area contributed by atoms with Crippen molar-refractivity contribution in [1.82, 2.24) is 0 Å². The molecule has 0 bridgehead atoms. The van der Waals surface area contributed by atoms with Gasteiger partial charge in [-0.1, -0.05) is 42.5 Å². The lowest BCUT2D eigenvalue weighted by molar-refractivity contribution is 0.0908. The van der Waals surface area contributed by atoms with Gasteiger partial charge in [-0.2, -0.15) is 0 Å². The monoisotopic (exact) mass is 264 g/mol. The van der Waals surface area contributed by atoms with Crippen LogP contribution in [0.3, 0.4) is 0 Å². The summed E-state index contributed by atoms with van der Waals surface area (Å²) in [6.45, 7) is 4.13. The molecule has 1 aliphatic rings. The highest BCUT2D eigenvalue weighted by atomic mass is 16.1. The maximum atomic E-state index is 12.8. The Bertz CT molecular complexity index is 655. The van der Waals surface area contributed by atoms with Crippen LogP contribution in [0.4, 0.5) is 0 Å². The van der Waals surface area contributed by atoms with E-state index in [4.69, 9.17) is 0 Å². The Kier molecular flexibility index (Phi) is 3.43. The fraction of sp³-hybridized carbons (Fsp3) is 0.316. The van der Waals surface area contributed by atoms with Gasteiger partial charge in [0, 0.05) is 11.5 Å². The fourth-order valence-corrected chi connectivity index (χ4v) is 3.16. The Morgan fingerprint density at radius 1 is 1.00 bits per heavy atom. The minimum Gasteiger partial charge on any atom is -0.294 e. The van der Waals surface area contributed by atoms with Crippen molar-refractivity contribution in [2.75, 3.05) is 0 Å². The highest BCUT2D eigenvalue weighted by molar-refractivity contribution is 5.99. The Labute approximate surface area is 120 Å². The second-order valence-electron chi connectivity index (χ2n) is 5.82. The Balaban J connectivity index is 1.88. The van der Waals surface area contributed by atoms with E-state index in [0.717, 1.165) is 30.4 Å². The fourth-order valence-electron chi connectivity index (χ4n) is 3.16. The number of fused-ring (bicyclic) bond motifs is 1. The third-order valence-corrected chi connectivity index (χ3v) is 4.59. The number of hydrogen-bond acceptors (Lipinski definition) is 1. The molecular weight excluding hydrogens is 244 g/mol. The summed E-state index contributed by atoms with van der Waals surface area (Å²) in [5, 5.41) is 0. The maximum Gasteiger partial charge on any atom is 0.166 e. The highest BCUT2D eigenvalue weighted by Crippen LogP contribution is 2.29. The Morgan fingerprint density at radius 3 is 2.55 bits per heavy atom. The molecule has 3 rings (SSSR count). The van der Waals surface area contributed by atoms with Gasteiger partial charge in [0.1, 0.15) is 0 Å². The van der Waals surface area contributed by atoms with E-state index in [-0.39, 0.29) is 5.92 Å². The molecule has 2 aromatic carbocycles. The molecule has 102 valence electrons. The first-order valence-electron chi connectivity index (χ1n) is 7.34. The third-order valence-electron chi connectivity index (χ3n) is 4.59. The molecule has 1 unspecified atom stereocenters. The zero-order chi connectivity index (χ0) is 14.1.